The van der Waals surface area contributed by atoms with Gasteiger partial charge in [0.25, 0.3) is 0 Å². The molecular weight excluding hydrogens is 134 g/mol. The molecule has 1 saturated heterocycles. The highest BCUT2D eigenvalue weighted by Gasteiger charge is 1.93. The molecule has 0 aliphatic carbocycles. The van der Waals surface area contributed by atoms with Gasteiger partial charge in [-0.25, -0.2) is 0 Å². The van der Waals surface area contributed by atoms with E-state index in [9.17, 15) is 0 Å². The van der Waals surface area contributed by atoms with Crippen LogP contribution in [0, 0.1) is 0 Å². The molecule has 4 nitrogen and oxygen atoms in total. The highest BCUT2D eigenvalue weighted by atomic mass is 16.3. The van der Waals surface area contributed by atoms with Gasteiger partial charge in [-0.05, 0) is 19.5 Å². The van der Waals surface area contributed by atoms with Crippen LogP contribution in [0.4, 0.5) is 0 Å². The molecule has 62 valence electrons. The van der Waals surface area contributed by atoms with Gasteiger partial charge in [-0.1, -0.05) is 0 Å². The van der Waals surface area contributed by atoms with Crippen LogP contribution >= 0.6 is 0 Å². The van der Waals surface area contributed by atoms with Crippen LogP contribution in [-0.2, 0) is 0 Å². The predicted molar refractivity (Wildman–Crippen MR) is 37.7 cm³/mol. The second-order valence-electron chi connectivity index (χ2n) is 2.12. The zero-order chi connectivity index (χ0) is 7.82. The summed E-state index contributed by atoms with van der Waals surface area (Å²) in [6.45, 7) is 1.77. The number of aliphatic hydroxyl groups excluding tert-OH is 3. The molecule has 4 N–H and O–H groups in total. The Morgan fingerprint density at radius 1 is 1.20 bits per heavy atom. The van der Waals surface area contributed by atoms with E-state index in [1.165, 1.54) is 19.5 Å². The molecule has 0 bridgehead atoms. The molecular formula is C6H15NO3. The van der Waals surface area contributed by atoms with Gasteiger partial charge >= 0.3 is 0 Å². The van der Waals surface area contributed by atoms with Gasteiger partial charge in [-0.15, -0.1) is 0 Å². The number of nitrogens with one attached hydrogen (secondary N) is 1. The van der Waals surface area contributed by atoms with Crippen LogP contribution in [0.2, 0.25) is 0 Å². The SMILES string of the molecule is C1CNC1.OCC(O)CO. The van der Waals surface area contributed by atoms with Crippen molar-refractivity contribution in [2.24, 2.45) is 0 Å². The van der Waals surface area contributed by atoms with E-state index in [-0.39, 0.29) is 13.2 Å². The van der Waals surface area contributed by atoms with Crippen LogP contribution in [0.3, 0.4) is 0 Å². The fourth-order valence-corrected chi connectivity index (χ4v) is 0.235. The molecule has 0 spiro atoms. The summed E-state index contributed by atoms with van der Waals surface area (Å²) in [6, 6.07) is 0. The molecule has 0 aromatic heterocycles. The molecule has 0 atom stereocenters. The minimum Gasteiger partial charge on any atom is -0.394 e. The van der Waals surface area contributed by atoms with E-state index < -0.39 is 6.10 Å². The van der Waals surface area contributed by atoms with Crippen LogP contribution in [0.25, 0.3) is 0 Å². The first-order valence-electron chi connectivity index (χ1n) is 3.41. The third-order valence-corrected chi connectivity index (χ3v) is 1.13. The minimum absolute atomic E-state index is 0.365. The number of rotatable bonds is 2. The van der Waals surface area contributed by atoms with E-state index in [2.05, 4.69) is 5.32 Å². The molecule has 1 aliphatic heterocycles. The fraction of sp³-hybridized carbons (Fsp3) is 1.00. The van der Waals surface area contributed by atoms with E-state index in [1.54, 1.807) is 0 Å². The van der Waals surface area contributed by atoms with Gasteiger partial charge in [0.15, 0.2) is 0 Å². The third kappa shape index (κ3) is 5.97. The Hall–Kier alpha value is -0.160. The van der Waals surface area contributed by atoms with Gasteiger partial charge in [0, 0.05) is 0 Å². The molecule has 0 unspecified atom stereocenters. The Labute approximate surface area is 60.5 Å². The Kier molecular flexibility index (Phi) is 6.84. The van der Waals surface area contributed by atoms with E-state index in [0.29, 0.717) is 0 Å². The third-order valence-electron chi connectivity index (χ3n) is 1.13. The summed E-state index contributed by atoms with van der Waals surface area (Å²) in [4.78, 5) is 0. The molecule has 10 heavy (non-hydrogen) atoms. The Balaban J connectivity index is 0.000000172. The molecule has 0 saturated carbocycles. The summed E-state index contributed by atoms with van der Waals surface area (Å²) in [6.07, 6.45) is 0.435. The first-order valence-corrected chi connectivity index (χ1v) is 3.41. The summed E-state index contributed by atoms with van der Waals surface area (Å²) in [7, 11) is 0. The van der Waals surface area contributed by atoms with Gasteiger partial charge < -0.3 is 20.6 Å². The number of hydrogen-bond acceptors (Lipinski definition) is 4. The van der Waals surface area contributed by atoms with E-state index >= 15 is 0 Å². The maximum atomic E-state index is 8.17. The molecule has 0 amide bonds. The topological polar surface area (TPSA) is 72.7 Å². The van der Waals surface area contributed by atoms with Crippen molar-refractivity contribution in [1.82, 2.24) is 5.32 Å². The highest BCUT2D eigenvalue weighted by molar-refractivity contribution is 4.56. The van der Waals surface area contributed by atoms with Crippen molar-refractivity contribution in [3.05, 3.63) is 0 Å². The second kappa shape index (κ2) is 6.95. The molecule has 1 fully saturated rings. The van der Waals surface area contributed by atoms with Crippen molar-refractivity contribution in [2.45, 2.75) is 12.5 Å². The Morgan fingerprint density at radius 3 is 1.50 bits per heavy atom. The zero-order valence-corrected chi connectivity index (χ0v) is 5.95. The van der Waals surface area contributed by atoms with Crippen LogP contribution in [0.5, 0.6) is 0 Å². The molecule has 0 aromatic carbocycles. The fourth-order valence-electron chi connectivity index (χ4n) is 0.235. The standard InChI is InChI=1S/C3H7N.C3H8O3/c1-2-4-3-1;4-1-3(6)2-5/h4H,1-3H2;3-6H,1-2H2. The summed E-state index contributed by atoms with van der Waals surface area (Å²) < 4.78 is 0. The van der Waals surface area contributed by atoms with Crippen LogP contribution < -0.4 is 5.32 Å². The van der Waals surface area contributed by atoms with Crippen LogP contribution in [0.1, 0.15) is 6.42 Å². The van der Waals surface area contributed by atoms with Crippen molar-refractivity contribution in [1.29, 1.82) is 0 Å². The number of hydrogen-bond donors (Lipinski definition) is 4. The first kappa shape index (κ1) is 9.84. The summed E-state index contributed by atoms with van der Waals surface area (Å²) in [5.41, 5.74) is 0. The lowest BCUT2D eigenvalue weighted by atomic mass is 10.3. The van der Waals surface area contributed by atoms with E-state index in [1.807, 2.05) is 0 Å². The molecule has 0 radical (unpaired) electrons. The lowest BCUT2D eigenvalue weighted by molar-refractivity contribution is 0.0450. The van der Waals surface area contributed by atoms with Crippen LogP contribution in [0.15, 0.2) is 0 Å². The summed E-state index contributed by atoms with van der Waals surface area (Å²) in [5.74, 6) is 0. The van der Waals surface area contributed by atoms with Gasteiger partial charge in [0.2, 0.25) is 0 Å². The largest absolute Gasteiger partial charge is 0.394 e. The van der Waals surface area contributed by atoms with Gasteiger partial charge in [0.1, 0.15) is 6.10 Å². The lowest BCUT2D eigenvalue weighted by Crippen LogP contribution is -2.29. The molecule has 1 aliphatic rings. The van der Waals surface area contributed by atoms with Gasteiger partial charge in [0.05, 0.1) is 13.2 Å². The predicted octanol–water partition coefficient (Wildman–Crippen LogP) is -1.69. The summed E-state index contributed by atoms with van der Waals surface area (Å²) >= 11 is 0. The second-order valence-corrected chi connectivity index (χ2v) is 2.12. The Morgan fingerprint density at radius 2 is 1.50 bits per heavy atom. The normalized spacial score (nSPS) is 15.6. The minimum atomic E-state index is -0.954. The average molecular weight is 149 g/mol. The highest BCUT2D eigenvalue weighted by Crippen LogP contribution is 1.80. The van der Waals surface area contributed by atoms with Crippen molar-refractivity contribution in [2.75, 3.05) is 26.3 Å². The maximum Gasteiger partial charge on any atom is 0.100 e. The van der Waals surface area contributed by atoms with Crippen molar-refractivity contribution in [3.8, 4) is 0 Å². The monoisotopic (exact) mass is 149 g/mol. The summed E-state index contributed by atoms with van der Waals surface area (Å²) in [5, 5.41) is 27.1. The van der Waals surface area contributed by atoms with Crippen molar-refractivity contribution >= 4 is 0 Å². The zero-order valence-electron chi connectivity index (χ0n) is 5.95. The number of aliphatic hydroxyl groups is 3. The van der Waals surface area contributed by atoms with E-state index in [0.717, 1.165) is 0 Å². The van der Waals surface area contributed by atoms with Gasteiger partial charge in [-0.3, -0.25) is 0 Å². The van der Waals surface area contributed by atoms with Crippen molar-refractivity contribution < 1.29 is 15.3 Å². The van der Waals surface area contributed by atoms with E-state index in [4.69, 9.17) is 15.3 Å². The maximum absolute atomic E-state index is 8.17. The molecule has 4 heteroatoms. The molecule has 1 rings (SSSR count). The lowest BCUT2D eigenvalue weighted by Gasteiger charge is -2.09. The van der Waals surface area contributed by atoms with Crippen LogP contribution in [-0.4, -0.2) is 47.7 Å². The quantitative estimate of drug-likeness (QED) is 0.378. The van der Waals surface area contributed by atoms with Gasteiger partial charge in [-0.2, -0.15) is 0 Å². The Bertz CT molecular complexity index is 58.0. The first-order chi connectivity index (χ1) is 4.81. The molecule has 1 heterocycles. The smallest absolute Gasteiger partial charge is 0.100 e. The average Bonchev–Trinajstić information content (AvgIpc) is 1.83. The van der Waals surface area contributed by atoms with Crippen molar-refractivity contribution in [3.63, 3.8) is 0 Å². The molecule has 0 aromatic rings.